The summed E-state index contributed by atoms with van der Waals surface area (Å²) in [6.07, 6.45) is 5.02. The number of carbonyl (C=O) groups is 5. The first-order chi connectivity index (χ1) is 31.4. The molecular weight excluding hydrogens is 835 g/mol. The molecule has 352 valence electrons. The number of hydrogen-bond donors (Lipinski definition) is 2. The summed E-state index contributed by atoms with van der Waals surface area (Å²) in [6.45, 7) is 19.5. The van der Waals surface area contributed by atoms with Gasteiger partial charge in [0.25, 0.3) is 5.91 Å². The van der Waals surface area contributed by atoms with Crippen LogP contribution in [0.25, 0.3) is 33.3 Å². The number of likely N-dealkylation sites (N-methyl/N-ethyl adjacent to an activating group) is 1. The van der Waals surface area contributed by atoms with Crippen molar-refractivity contribution in [2.45, 2.75) is 111 Å². The fourth-order valence-electron chi connectivity index (χ4n) is 10.2. The summed E-state index contributed by atoms with van der Waals surface area (Å²) in [5.41, 5.74) is 11.5. The number of nitrogens with zero attached hydrogens (tertiary/aromatic N) is 5. The van der Waals surface area contributed by atoms with E-state index in [1.54, 1.807) is 25.3 Å². The van der Waals surface area contributed by atoms with E-state index in [1.165, 1.54) is 16.0 Å². The number of nitrogens with one attached hydrogen (secondary N) is 2. The highest BCUT2D eigenvalue weighted by atomic mass is 16.5. The molecule has 2 N–H and O–H groups in total. The van der Waals surface area contributed by atoms with Gasteiger partial charge in [-0.25, -0.2) is 5.43 Å². The van der Waals surface area contributed by atoms with Crippen molar-refractivity contribution in [3.8, 4) is 22.4 Å². The molecule has 4 amide bonds. The molecule has 4 aromatic rings. The van der Waals surface area contributed by atoms with Crippen molar-refractivity contribution in [1.29, 1.82) is 0 Å². The standard InChI is InChI=1S/C52H67N7O7/c1-11-44(60)57-22-19-36(29-57)49(62)56(9)46(31(3)4)48(61)54-42-26-34-23-32(5)24-37(25-34)35-17-18-43-39(27-35)40(47(58(43)12-2)38-15-13-20-53-45(38)33(6)65-10)28-52(7,8)30-66-51(64)41-16-14-21-59(55-41)50(42)63/h11,13,15,17-18,20,23-25,27,31,33,36,41-42,46,55H,1,12,14,16,19,21-22,26,28-30H2,2-10H3,(H,54,61)/t33-,36-,41-,42-,46-/m0/s1. The van der Waals surface area contributed by atoms with Gasteiger partial charge in [0.2, 0.25) is 17.7 Å². The number of ether oxygens (including phenoxy) is 2. The number of pyridine rings is 1. The molecule has 14 nitrogen and oxygen atoms in total. The Labute approximate surface area is 389 Å². The molecule has 66 heavy (non-hydrogen) atoms. The fourth-order valence-corrected chi connectivity index (χ4v) is 10.2. The van der Waals surface area contributed by atoms with Crippen LogP contribution in [-0.4, -0.2) is 112 Å². The fraction of sp³-hybridized carbons (Fsp3) is 0.500. The number of methoxy groups -OCH3 is 1. The summed E-state index contributed by atoms with van der Waals surface area (Å²) >= 11 is 0. The molecule has 6 bridgehead atoms. The van der Waals surface area contributed by atoms with Crippen LogP contribution in [0.15, 0.2) is 67.4 Å². The zero-order chi connectivity index (χ0) is 47.6. The van der Waals surface area contributed by atoms with Crippen LogP contribution in [0.2, 0.25) is 0 Å². The number of fused-ring (bicyclic) bond motifs is 6. The summed E-state index contributed by atoms with van der Waals surface area (Å²) < 4.78 is 14.3. The summed E-state index contributed by atoms with van der Waals surface area (Å²) in [4.78, 5) is 77.4. The smallest absolute Gasteiger partial charge is 0.324 e. The molecule has 14 heteroatoms. The van der Waals surface area contributed by atoms with Crippen molar-refractivity contribution >= 4 is 40.5 Å². The summed E-state index contributed by atoms with van der Waals surface area (Å²) in [5, 5.41) is 5.60. The predicted octanol–water partition coefficient (Wildman–Crippen LogP) is 6.57. The maximum absolute atomic E-state index is 14.8. The Bertz CT molecular complexity index is 2510. The van der Waals surface area contributed by atoms with Crippen LogP contribution in [0.3, 0.4) is 0 Å². The number of aromatic nitrogens is 2. The molecule has 2 aromatic carbocycles. The molecule has 3 aliphatic rings. The van der Waals surface area contributed by atoms with Crippen molar-refractivity contribution in [3.63, 3.8) is 0 Å². The van der Waals surface area contributed by atoms with Gasteiger partial charge in [-0.1, -0.05) is 64.1 Å². The molecular formula is C52H67N7O7. The first-order valence-electron chi connectivity index (χ1n) is 23.4. The monoisotopic (exact) mass is 902 g/mol. The molecule has 5 atom stereocenters. The molecule has 0 spiro atoms. The Morgan fingerprint density at radius 3 is 2.56 bits per heavy atom. The summed E-state index contributed by atoms with van der Waals surface area (Å²) in [6, 6.07) is 14.1. The average Bonchev–Trinajstić information content (AvgIpc) is 3.92. The van der Waals surface area contributed by atoms with E-state index in [0.717, 1.165) is 55.7 Å². The van der Waals surface area contributed by atoms with E-state index in [9.17, 15) is 24.0 Å². The molecule has 2 fully saturated rings. The predicted molar refractivity (Wildman–Crippen MR) is 255 cm³/mol. The van der Waals surface area contributed by atoms with Crippen molar-refractivity contribution in [2.75, 3.05) is 40.4 Å². The van der Waals surface area contributed by atoms with Crippen LogP contribution in [-0.2, 0) is 52.8 Å². The number of likely N-dealkylation sites (tertiary alicyclic amines) is 1. The minimum absolute atomic E-state index is 0.135. The Hall–Kier alpha value is -5.86. The molecule has 0 aliphatic carbocycles. The molecule has 3 aliphatic heterocycles. The van der Waals surface area contributed by atoms with Gasteiger partial charge in [-0.2, -0.15) is 0 Å². The number of benzene rings is 2. The second kappa shape index (κ2) is 19.9. The van der Waals surface area contributed by atoms with Gasteiger partial charge in [-0.05, 0) is 105 Å². The lowest BCUT2D eigenvalue weighted by molar-refractivity contribution is -0.155. The quantitative estimate of drug-likeness (QED) is 0.133. The number of hydrogen-bond acceptors (Lipinski definition) is 9. The number of hydrazine groups is 1. The lowest BCUT2D eigenvalue weighted by atomic mass is 9.84. The van der Waals surface area contributed by atoms with E-state index in [2.05, 4.69) is 79.1 Å². The van der Waals surface area contributed by atoms with Gasteiger partial charge < -0.3 is 29.2 Å². The number of aryl methyl sites for hydroxylation is 2. The highest BCUT2D eigenvalue weighted by Gasteiger charge is 2.40. The lowest BCUT2D eigenvalue weighted by Gasteiger charge is -2.37. The van der Waals surface area contributed by atoms with E-state index in [1.807, 2.05) is 39.8 Å². The van der Waals surface area contributed by atoms with Crippen LogP contribution in [0.4, 0.5) is 0 Å². The van der Waals surface area contributed by atoms with E-state index in [-0.39, 0.29) is 43.4 Å². The van der Waals surface area contributed by atoms with Crippen LogP contribution in [0, 0.1) is 24.2 Å². The van der Waals surface area contributed by atoms with Gasteiger partial charge in [-0.15, -0.1) is 0 Å². The van der Waals surface area contributed by atoms with Crippen molar-refractivity contribution in [1.82, 2.24) is 35.1 Å². The number of carbonyl (C=O) groups excluding carboxylic acids is 5. The van der Waals surface area contributed by atoms with Gasteiger partial charge in [0.05, 0.1) is 30.0 Å². The first-order valence-corrected chi connectivity index (χ1v) is 23.4. The van der Waals surface area contributed by atoms with E-state index < -0.39 is 47.2 Å². The maximum Gasteiger partial charge on any atom is 0.324 e. The van der Waals surface area contributed by atoms with Crippen molar-refractivity contribution in [2.24, 2.45) is 17.3 Å². The minimum Gasteiger partial charge on any atom is -0.464 e. The number of cyclic esters (lactones) is 1. The Kier molecular flexibility index (Phi) is 14.5. The van der Waals surface area contributed by atoms with Crippen molar-refractivity contribution < 1.29 is 33.4 Å². The zero-order valence-electron chi connectivity index (χ0n) is 40.1. The van der Waals surface area contributed by atoms with Crippen LogP contribution < -0.4 is 10.7 Å². The third-order valence-electron chi connectivity index (χ3n) is 13.5. The average molecular weight is 902 g/mol. The van der Waals surface area contributed by atoms with Crippen LogP contribution >= 0.6 is 0 Å². The molecule has 0 unspecified atom stereocenters. The molecule has 7 rings (SSSR count). The molecule has 0 radical (unpaired) electrons. The maximum atomic E-state index is 14.8. The topological polar surface area (TPSA) is 155 Å². The minimum atomic E-state index is -1.05. The van der Waals surface area contributed by atoms with E-state index in [0.29, 0.717) is 45.3 Å². The van der Waals surface area contributed by atoms with Gasteiger partial charge in [0, 0.05) is 74.8 Å². The van der Waals surface area contributed by atoms with Gasteiger partial charge in [0.1, 0.15) is 18.1 Å². The Morgan fingerprint density at radius 2 is 1.85 bits per heavy atom. The molecule has 5 heterocycles. The number of rotatable bonds is 10. The number of amides is 4. The third kappa shape index (κ3) is 9.95. The molecule has 2 saturated heterocycles. The highest BCUT2D eigenvalue weighted by molar-refractivity contribution is 5.96. The second-order valence-corrected chi connectivity index (χ2v) is 19.5. The Balaban J connectivity index is 1.31. The largest absolute Gasteiger partial charge is 0.464 e. The zero-order valence-corrected chi connectivity index (χ0v) is 40.1. The third-order valence-corrected chi connectivity index (χ3v) is 13.5. The van der Waals surface area contributed by atoms with E-state index in [4.69, 9.17) is 14.5 Å². The van der Waals surface area contributed by atoms with Gasteiger partial charge in [0.15, 0.2) is 0 Å². The van der Waals surface area contributed by atoms with Crippen molar-refractivity contribution in [3.05, 3.63) is 89.8 Å². The van der Waals surface area contributed by atoms with Gasteiger partial charge in [-0.3, -0.25) is 34.0 Å². The number of esters is 1. The SMILES string of the molecule is C=CC(=O)N1CC[C@H](C(=O)N(C)[C@H](C(=O)N[C@H]2Cc3cc(C)cc(c3)-c3ccc4c(c3)c(c(-c3cccnc3[C@H](C)OC)n4CC)CC(C)(C)COC(=O)[C@@H]3CCCN(N3)C2=O)C(C)C)C1. The summed E-state index contributed by atoms with van der Waals surface area (Å²) in [5.74, 6) is -2.56. The molecule has 2 aromatic heterocycles. The summed E-state index contributed by atoms with van der Waals surface area (Å²) in [7, 11) is 3.30. The van der Waals surface area contributed by atoms with E-state index >= 15 is 0 Å². The highest BCUT2D eigenvalue weighted by Crippen LogP contribution is 2.42. The first kappa shape index (κ1) is 48.1. The lowest BCUT2D eigenvalue weighted by Crippen LogP contribution is -2.62. The second-order valence-electron chi connectivity index (χ2n) is 19.5. The van der Waals surface area contributed by atoms with Crippen LogP contribution in [0.5, 0.6) is 0 Å². The van der Waals surface area contributed by atoms with Crippen LogP contribution in [0.1, 0.15) is 89.3 Å². The van der Waals surface area contributed by atoms with Gasteiger partial charge >= 0.3 is 5.97 Å². The Morgan fingerprint density at radius 1 is 1.08 bits per heavy atom. The normalized spacial score (nSPS) is 21.0. The molecule has 0 saturated carbocycles.